The van der Waals surface area contributed by atoms with Crippen molar-refractivity contribution in [2.45, 2.75) is 13.5 Å². The Hall–Kier alpha value is -1.54. The largest absolute Gasteiger partial charge is 0.343 e. The van der Waals surface area contributed by atoms with Crippen LogP contribution in [0.5, 0.6) is 0 Å². The lowest BCUT2D eigenvalue weighted by molar-refractivity contribution is 0.836. The van der Waals surface area contributed by atoms with E-state index in [1.165, 1.54) is 22.0 Å². The Morgan fingerprint density at radius 3 is 2.72 bits per heavy atom. The van der Waals surface area contributed by atoms with Gasteiger partial charge in [-0.05, 0) is 42.3 Å². The summed E-state index contributed by atoms with van der Waals surface area (Å²) < 4.78 is 3.43. The van der Waals surface area contributed by atoms with E-state index in [1.807, 2.05) is 0 Å². The molecular formula is C16H14BrN. The van der Waals surface area contributed by atoms with E-state index < -0.39 is 0 Å². The minimum atomic E-state index is 0.909. The molecule has 0 saturated carbocycles. The van der Waals surface area contributed by atoms with E-state index in [4.69, 9.17) is 0 Å². The maximum absolute atomic E-state index is 3.52. The smallest absolute Gasteiger partial charge is 0.0486 e. The van der Waals surface area contributed by atoms with Crippen molar-refractivity contribution in [1.29, 1.82) is 0 Å². The van der Waals surface area contributed by atoms with E-state index in [2.05, 4.69) is 82.1 Å². The van der Waals surface area contributed by atoms with Crippen LogP contribution in [-0.2, 0) is 6.54 Å². The Balaban J connectivity index is 2.03. The average molecular weight is 300 g/mol. The van der Waals surface area contributed by atoms with Gasteiger partial charge in [0.2, 0.25) is 0 Å². The molecule has 1 aromatic heterocycles. The molecule has 0 aliphatic heterocycles. The molecular weight excluding hydrogens is 286 g/mol. The lowest BCUT2D eigenvalue weighted by Gasteiger charge is -2.06. The molecule has 0 unspecified atom stereocenters. The monoisotopic (exact) mass is 299 g/mol. The maximum atomic E-state index is 3.52. The van der Waals surface area contributed by atoms with Gasteiger partial charge in [-0.15, -0.1) is 0 Å². The number of rotatable bonds is 2. The lowest BCUT2D eigenvalue weighted by atomic mass is 10.1. The summed E-state index contributed by atoms with van der Waals surface area (Å²) in [5.74, 6) is 0. The van der Waals surface area contributed by atoms with Gasteiger partial charge >= 0.3 is 0 Å². The van der Waals surface area contributed by atoms with Crippen LogP contribution in [0.1, 0.15) is 11.1 Å². The number of nitrogens with zero attached hydrogens (tertiary/aromatic N) is 1. The third kappa shape index (κ3) is 2.08. The second-order valence-electron chi connectivity index (χ2n) is 4.58. The van der Waals surface area contributed by atoms with E-state index in [1.54, 1.807) is 0 Å². The highest BCUT2D eigenvalue weighted by Crippen LogP contribution is 2.21. The number of benzene rings is 2. The fraction of sp³-hybridized carbons (Fsp3) is 0.125. The first-order valence-corrected chi connectivity index (χ1v) is 6.82. The number of hydrogen-bond donors (Lipinski definition) is 0. The summed E-state index contributed by atoms with van der Waals surface area (Å²) >= 11 is 3.52. The molecule has 1 nitrogen and oxygen atoms in total. The van der Waals surface area contributed by atoms with Crippen molar-refractivity contribution in [3.63, 3.8) is 0 Å². The topological polar surface area (TPSA) is 4.93 Å². The van der Waals surface area contributed by atoms with Crippen LogP contribution in [0, 0.1) is 6.92 Å². The van der Waals surface area contributed by atoms with Gasteiger partial charge in [-0.3, -0.25) is 0 Å². The van der Waals surface area contributed by atoms with Crippen LogP contribution >= 0.6 is 15.9 Å². The molecule has 90 valence electrons. The molecule has 3 rings (SSSR count). The van der Waals surface area contributed by atoms with Crippen LogP contribution in [0.4, 0.5) is 0 Å². The van der Waals surface area contributed by atoms with Gasteiger partial charge in [-0.1, -0.05) is 40.2 Å². The summed E-state index contributed by atoms with van der Waals surface area (Å²) in [5.41, 5.74) is 3.94. The number of fused-ring (bicyclic) bond motifs is 1. The van der Waals surface area contributed by atoms with Crippen molar-refractivity contribution in [2.24, 2.45) is 0 Å². The summed E-state index contributed by atoms with van der Waals surface area (Å²) in [6, 6.07) is 17.1. The van der Waals surface area contributed by atoms with Gasteiger partial charge in [0.15, 0.2) is 0 Å². The van der Waals surface area contributed by atoms with Crippen LogP contribution in [0.15, 0.2) is 59.2 Å². The molecule has 0 aliphatic carbocycles. The van der Waals surface area contributed by atoms with Crippen LogP contribution in [-0.4, -0.2) is 4.57 Å². The Morgan fingerprint density at radius 2 is 1.89 bits per heavy atom. The first kappa shape index (κ1) is 11.5. The van der Waals surface area contributed by atoms with Crippen molar-refractivity contribution in [3.05, 3.63) is 70.3 Å². The normalized spacial score (nSPS) is 11.0. The predicted octanol–water partition coefficient (Wildman–Crippen LogP) is 4.76. The fourth-order valence-corrected chi connectivity index (χ4v) is 2.79. The molecule has 0 radical (unpaired) electrons. The van der Waals surface area contributed by atoms with Gasteiger partial charge < -0.3 is 4.57 Å². The summed E-state index contributed by atoms with van der Waals surface area (Å²) in [5, 5.41) is 1.34. The number of aromatic nitrogens is 1. The van der Waals surface area contributed by atoms with Gasteiger partial charge in [0.05, 0.1) is 0 Å². The molecule has 1 heterocycles. The second-order valence-corrected chi connectivity index (χ2v) is 5.50. The predicted molar refractivity (Wildman–Crippen MR) is 79.9 cm³/mol. The molecule has 0 bridgehead atoms. The van der Waals surface area contributed by atoms with Crippen molar-refractivity contribution in [2.75, 3.05) is 0 Å². The molecule has 0 aliphatic rings. The third-order valence-corrected chi connectivity index (χ3v) is 3.77. The molecule has 0 N–H and O–H groups in total. The Kier molecular flexibility index (Phi) is 2.96. The van der Waals surface area contributed by atoms with Gasteiger partial charge in [0, 0.05) is 28.1 Å². The summed E-state index contributed by atoms with van der Waals surface area (Å²) in [6.45, 7) is 3.07. The van der Waals surface area contributed by atoms with E-state index >= 15 is 0 Å². The highest BCUT2D eigenvalue weighted by Gasteiger charge is 2.03. The van der Waals surface area contributed by atoms with E-state index in [0.717, 1.165) is 11.0 Å². The Morgan fingerprint density at radius 1 is 1.06 bits per heavy atom. The first-order valence-electron chi connectivity index (χ1n) is 6.03. The molecule has 18 heavy (non-hydrogen) atoms. The maximum Gasteiger partial charge on any atom is 0.0486 e. The Bertz CT molecular complexity index is 697. The van der Waals surface area contributed by atoms with Gasteiger partial charge in [0.25, 0.3) is 0 Å². The van der Waals surface area contributed by atoms with Crippen LogP contribution < -0.4 is 0 Å². The standard InChI is InChI=1S/C16H14BrN/c1-12-4-2-7-16-15(12)8-9-18(16)11-13-5-3-6-14(17)10-13/h2-10H,11H2,1H3. The van der Waals surface area contributed by atoms with E-state index in [0.29, 0.717) is 0 Å². The lowest BCUT2D eigenvalue weighted by Crippen LogP contribution is -1.97. The molecule has 2 aromatic carbocycles. The van der Waals surface area contributed by atoms with Crippen LogP contribution in [0.2, 0.25) is 0 Å². The SMILES string of the molecule is Cc1cccc2c1ccn2Cc1cccc(Br)c1. The number of hydrogen-bond acceptors (Lipinski definition) is 0. The number of aryl methyl sites for hydroxylation is 1. The summed E-state index contributed by atoms with van der Waals surface area (Å²) in [7, 11) is 0. The molecule has 0 amide bonds. The zero-order chi connectivity index (χ0) is 12.5. The highest BCUT2D eigenvalue weighted by atomic mass is 79.9. The van der Waals surface area contributed by atoms with Gasteiger partial charge in [0.1, 0.15) is 0 Å². The van der Waals surface area contributed by atoms with Crippen molar-refractivity contribution in [1.82, 2.24) is 4.57 Å². The highest BCUT2D eigenvalue weighted by molar-refractivity contribution is 9.10. The average Bonchev–Trinajstić information content (AvgIpc) is 2.74. The third-order valence-electron chi connectivity index (χ3n) is 3.27. The minimum absolute atomic E-state index is 0.909. The van der Waals surface area contributed by atoms with E-state index in [-0.39, 0.29) is 0 Å². The van der Waals surface area contributed by atoms with Crippen molar-refractivity contribution < 1.29 is 0 Å². The molecule has 2 heteroatoms. The molecule has 0 atom stereocenters. The van der Waals surface area contributed by atoms with Crippen molar-refractivity contribution in [3.8, 4) is 0 Å². The van der Waals surface area contributed by atoms with Crippen molar-refractivity contribution >= 4 is 26.8 Å². The quantitative estimate of drug-likeness (QED) is 0.643. The molecule has 3 aromatic rings. The van der Waals surface area contributed by atoms with Gasteiger partial charge in [-0.25, -0.2) is 0 Å². The fourth-order valence-electron chi connectivity index (χ4n) is 2.35. The molecule has 0 saturated heterocycles. The van der Waals surface area contributed by atoms with E-state index in [9.17, 15) is 0 Å². The second kappa shape index (κ2) is 4.62. The summed E-state index contributed by atoms with van der Waals surface area (Å²) in [6.07, 6.45) is 2.17. The zero-order valence-electron chi connectivity index (χ0n) is 10.2. The minimum Gasteiger partial charge on any atom is -0.343 e. The Labute approximate surface area is 115 Å². The van der Waals surface area contributed by atoms with Gasteiger partial charge in [-0.2, -0.15) is 0 Å². The van der Waals surface area contributed by atoms with Crippen LogP contribution in [0.3, 0.4) is 0 Å². The molecule has 0 spiro atoms. The van der Waals surface area contributed by atoms with Crippen LogP contribution in [0.25, 0.3) is 10.9 Å². The zero-order valence-corrected chi connectivity index (χ0v) is 11.8. The first-order chi connectivity index (χ1) is 8.74. The summed E-state index contributed by atoms with van der Waals surface area (Å²) in [4.78, 5) is 0. The molecule has 0 fully saturated rings. The number of halogens is 1.